The molecule has 5 heteroatoms. The molecule has 0 heterocycles. The van der Waals surface area contributed by atoms with Crippen molar-refractivity contribution in [1.29, 1.82) is 5.26 Å². The Kier molecular flexibility index (Phi) is 3.30. The largest absolute Gasteiger partial charge is 0.389 e. The lowest BCUT2D eigenvalue weighted by Gasteiger charge is -2.06. The lowest BCUT2D eigenvalue weighted by atomic mass is 10.1. The fourth-order valence-corrected chi connectivity index (χ4v) is 1.10. The highest BCUT2D eigenvalue weighted by Gasteiger charge is 2.26. The van der Waals surface area contributed by atoms with Crippen LogP contribution in [-0.4, -0.2) is 6.18 Å². The smallest absolute Gasteiger partial charge is 0.207 e. The standard InChI is InChI=1S/C10H7F4N/c11-9-5-7(6-15)1-2-8(9)3-4-10(12,13)14/h1-2,5H,3-4H2. The van der Waals surface area contributed by atoms with Gasteiger partial charge in [-0.05, 0) is 24.1 Å². The highest BCUT2D eigenvalue weighted by molar-refractivity contribution is 5.32. The average Bonchev–Trinajstić information content (AvgIpc) is 2.14. The summed E-state index contributed by atoms with van der Waals surface area (Å²) < 4.78 is 48.6. The maximum absolute atomic E-state index is 13.1. The molecule has 0 atom stereocenters. The highest BCUT2D eigenvalue weighted by Crippen LogP contribution is 2.23. The van der Waals surface area contributed by atoms with Gasteiger partial charge < -0.3 is 0 Å². The van der Waals surface area contributed by atoms with E-state index in [1.165, 1.54) is 12.1 Å². The molecular weight excluding hydrogens is 210 g/mol. The van der Waals surface area contributed by atoms with Gasteiger partial charge in [-0.2, -0.15) is 18.4 Å². The van der Waals surface area contributed by atoms with E-state index in [1.807, 2.05) is 0 Å². The molecule has 0 radical (unpaired) electrons. The monoisotopic (exact) mass is 217 g/mol. The van der Waals surface area contributed by atoms with E-state index in [1.54, 1.807) is 6.07 Å². The molecule has 0 aromatic heterocycles. The molecule has 0 spiro atoms. The molecule has 0 saturated heterocycles. The van der Waals surface area contributed by atoms with Crippen molar-refractivity contribution < 1.29 is 17.6 Å². The minimum Gasteiger partial charge on any atom is -0.207 e. The Balaban J connectivity index is 2.76. The van der Waals surface area contributed by atoms with Crippen molar-refractivity contribution >= 4 is 0 Å². The van der Waals surface area contributed by atoms with Crippen LogP contribution in [0.2, 0.25) is 0 Å². The van der Waals surface area contributed by atoms with Crippen LogP contribution in [0, 0.1) is 17.1 Å². The molecule has 0 saturated carbocycles. The zero-order valence-electron chi connectivity index (χ0n) is 7.61. The van der Waals surface area contributed by atoms with E-state index in [-0.39, 0.29) is 11.1 Å². The number of halogens is 4. The molecule has 1 aromatic carbocycles. The third kappa shape index (κ3) is 3.58. The molecular formula is C10H7F4N. The van der Waals surface area contributed by atoms with Crippen LogP contribution in [0.4, 0.5) is 17.6 Å². The summed E-state index contributed by atoms with van der Waals surface area (Å²) in [5.41, 5.74) is 0.0783. The maximum Gasteiger partial charge on any atom is 0.389 e. The average molecular weight is 217 g/mol. The van der Waals surface area contributed by atoms with Crippen molar-refractivity contribution in [2.75, 3.05) is 0 Å². The molecule has 0 aliphatic rings. The summed E-state index contributed by atoms with van der Waals surface area (Å²) in [6.07, 6.45) is -5.75. The summed E-state index contributed by atoms with van der Waals surface area (Å²) in [7, 11) is 0. The van der Waals surface area contributed by atoms with Crippen molar-refractivity contribution in [2.24, 2.45) is 0 Å². The van der Waals surface area contributed by atoms with Crippen LogP contribution in [0.1, 0.15) is 17.5 Å². The highest BCUT2D eigenvalue weighted by atomic mass is 19.4. The third-order valence-corrected chi connectivity index (χ3v) is 1.86. The van der Waals surface area contributed by atoms with Crippen LogP contribution in [0.25, 0.3) is 0 Å². The SMILES string of the molecule is N#Cc1ccc(CCC(F)(F)F)c(F)c1. The molecule has 0 bridgehead atoms. The van der Waals surface area contributed by atoms with Gasteiger partial charge in [0.05, 0.1) is 11.6 Å². The summed E-state index contributed by atoms with van der Waals surface area (Å²) in [5.74, 6) is -0.765. The van der Waals surface area contributed by atoms with Gasteiger partial charge in [0.1, 0.15) is 5.82 Å². The van der Waals surface area contributed by atoms with E-state index in [0.717, 1.165) is 6.07 Å². The second kappa shape index (κ2) is 4.30. The first-order chi connectivity index (χ1) is 6.92. The first kappa shape index (κ1) is 11.5. The zero-order chi connectivity index (χ0) is 11.5. The van der Waals surface area contributed by atoms with Gasteiger partial charge in [-0.15, -0.1) is 0 Å². The molecule has 0 fully saturated rings. The van der Waals surface area contributed by atoms with Crippen molar-refractivity contribution in [2.45, 2.75) is 19.0 Å². The van der Waals surface area contributed by atoms with Crippen LogP contribution in [0.5, 0.6) is 0 Å². The second-order valence-corrected chi connectivity index (χ2v) is 3.03. The zero-order valence-corrected chi connectivity index (χ0v) is 7.61. The Bertz CT molecular complexity index is 389. The van der Waals surface area contributed by atoms with E-state index in [2.05, 4.69) is 0 Å². The van der Waals surface area contributed by atoms with Gasteiger partial charge in [0.15, 0.2) is 0 Å². The summed E-state index contributed by atoms with van der Waals surface area (Å²) >= 11 is 0. The summed E-state index contributed by atoms with van der Waals surface area (Å²) in [5, 5.41) is 8.42. The van der Waals surface area contributed by atoms with Crippen LogP contribution in [0.3, 0.4) is 0 Å². The molecule has 0 amide bonds. The molecule has 15 heavy (non-hydrogen) atoms. The van der Waals surface area contributed by atoms with E-state index < -0.39 is 24.8 Å². The Morgan fingerprint density at radius 1 is 1.27 bits per heavy atom. The molecule has 0 unspecified atom stereocenters. The summed E-state index contributed by atoms with van der Waals surface area (Å²) in [4.78, 5) is 0. The van der Waals surface area contributed by atoms with Gasteiger partial charge in [0.2, 0.25) is 0 Å². The number of nitrogens with zero attached hydrogens (tertiary/aromatic N) is 1. The fraction of sp³-hybridized carbons (Fsp3) is 0.300. The Hall–Kier alpha value is -1.57. The van der Waals surface area contributed by atoms with Crippen LogP contribution in [0.15, 0.2) is 18.2 Å². The predicted octanol–water partition coefficient (Wildman–Crippen LogP) is 3.19. The van der Waals surface area contributed by atoms with E-state index >= 15 is 0 Å². The molecule has 0 aliphatic heterocycles. The van der Waals surface area contributed by atoms with Crippen molar-refractivity contribution in [3.8, 4) is 6.07 Å². The lowest BCUT2D eigenvalue weighted by molar-refractivity contribution is -0.134. The third-order valence-electron chi connectivity index (χ3n) is 1.86. The molecule has 80 valence electrons. The molecule has 0 aliphatic carbocycles. The fourth-order valence-electron chi connectivity index (χ4n) is 1.10. The van der Waals surface area contributed by atoms with Crippen molar-refractivity contribution in [3.63, 3.8) is 0 Å². The van der Waals surface area contributed by atoms with E-state index in [9.17, 15) is 17.6 Å². The Morgan fingerprint density at radius 2 is 1.93 bits per heavy atom. The molecule has 1 aromatic rings. The number of aryl methyl sites for hydroxylation is 1. The van der Waals surface area contributed by atoms with Crippen LogP contribution in [-0.2, 0) is 6.42 Å². The van der Waals surface area contributed by atoms with Gasteiger partial charge in [-0.1, -0.05) is 6.07 Å². The first-order valence-electron chi connectivity index (χ1n) is 4.17. The Morgan fingerprint density at radius 3 is 2.40 bits per heavy atom. The minimum absolute atomic E-state index is 0.0219. The lowest BCUT2D eigenvalue weighted by Crippen LogP contribution is -2.09. The number of nitriles is 1. The predicted molar refractivity (Wildman–Crippen MR) is 45.5 cm³/mol. The van der Waals surface area contributed by atoms with Crippen molar-refractivity contribution in [1.82, 2.24) is 0 Å². The van der Waals surface area contributed by atoms with Gasteiger partial charge in [0.25, 0.3) is 0 Å². The van der Waals surface area contributed by atoms with Gasteiger partial charge in [-0.3, -0.25) is 0 Å². The van der Waals surface area contributed by atoms with Gasteiger partial charge >= 0.3 is 6.18 Å². The number of hydrogen-bond donors (Lipinski definition) is 0. The van der Waals surface area contributed by atoms with Gasteiger partial charge in [-0.25, -0.2) is 4.39 Å². The molecule has 0 N–H and O–H groups in total. The number of hydrogen-bond acceptors (Lipinski definition) is 1. The normalized spacial score (nSPS) is 11.1. The topological polar surface area (TPSA) is 23.8 Å². The summed E-state index contributed by atoms with van der Waals surface area (Å²) in [6, 6.07) is 5.15. The number of benzene rings is 1. The summed E-state index contributed by atoms with van der Waals surface area (Å²) in [6.45, 7) is 0. The number of alkyl halides is 3. The van der Waals surface area contributed by atoms with Gasteiger partial charge in [0, 0.05) is 6.42 Å². The quantitative estimate of drug-likeness (QED) is 0.698. The number of rotatable bonds is 2. The van der Waals surface area contributed by atoms with Crippen molar-refractivity contribution in [3.05, 3.63) is 35.1 Å². The minimum atomic E-state index is -4.29. The van der Waals surface area contributed by atoms with E-state index in [4.69, 9.17) is 5.26 Å². The maximum atomic E-state index is 13.1. The Labute approximate surface area is 83.9 Å². The van der Waals surface area contributed by atoms with Crippen LogP contribution >= 0.6 is 0 Å². The molecule has 1 nitrogen and oxygen atoms in total. The van der Waals surface area contributed by atoms with Crippen LogP contribution < -0.4 is 0 Å². The van der Waals surface area contributed by atoms with E-state index in [0.29, 0.717) is 0 Å². The second-order valence-electron chi connectivity index (χ2n) is 3.03. The first-order valence-corrected chi connectivity index (χ1v) is 4.17. The molecule has 1 rings (SSSR count).